The Morgan fingerprint density at radius 1 is 1.00 bits per heavy atom. The van der Waals surface area contributed by atoms with Crippen LogP contribution in [-0.2, 0) is 0 Å². The van der Waals surface area contributed by atoms with Gasteiger partial charge in [-0.05, 0) is 37.5 Å². The van der Waals surface area contributed by atoms with Gasteiger partial charge in [-0.2, -0.15) is 0 Å². The summed E-state index contributed by atoms with van der Waals surface area (Å²) in [6.45, 7) is 4.69. The minimum absolute atomic E-state index is 0.859. The van der Waals surface area contributed by atoms with Gasteiger partial charge in [-0.25, -0.2) is 0 Å². The SMILES string of the molecule is CCC1C=CCCCCCCC1CC. The summed E-state index contributed by atoms with van der Waals surface area (Å²) < 4.78 is 0. The molecule has 0 heteroatoms. The zero-order valence-corrected chi connectivity index (χ0v) is 9.97. The minimum atomic E-state index is 0.859. The lowest BCUT2D eigenvalue weighted by Crippen LogP contribution is -2.11. The summed E-state index contributed by atoms with van der Waals surface area (Å²) in [5.41, 5.74) is 0. The van der Waals surface area contributed by atoms with E-state index >= 15 is 0 Å². The van der Waals surface area contributed by atoms with Crippen LogP contribution in [0.25, 0.3) is 0 Å². The van der Waals surface area contributed by atoms with E-state index in [4.69, 9.17) is 0 Å². The van der Waals surface area contributed by atoms with E-state index in [9.17, 15) is 0 Å². The Balaban J connectivity index is 2.53. The smallest absolute Gasteiger partial charge is 0.0208 e. The largest absolute Gasteiger partial charge is 0.0882 e. The third-order valence-corrected chi connectivity index (χ3v) is 3.68. The van der Waals surface area contributed by atoms with Crippen molar-refractivity contribution in [3.8, 4) is 0 Å². The average molecular weight is 194 g/mol. The van der Waals surface area contributed by atoms with E-state index in [0.717, 1.165) is 11.8 Å². The fourth-order valence-electron chi connectivity index (χ4n) is 2.64. The molecule has 0 radical (unpaired) electrons. The molecule has 0 aromatic heterocycles. The van der Waals surface area contributed by atoms with Crippen molar-refractivity contribution >= 4 is 0 Å². The quantitative estimate of drug-likeness (QED) is 0.546. The molecule has 82 valence electrons. The standard InChI is InChI=1S/C14H26/c1-3-13-11-9-7-5-6-8-10-12-14(13)4-2/h9,11,13-14H,3-8,10,12H2,1-2H3. The second-order valence-corrected chi connectivity index (χ2v) is 4.66. The zero-order chi connectivity index (χ0) is 10.2. The van der Waals surface area contributed by atoms with Crippen LogP contribution in [0, 0.1) is 11.8 Å². The van der Waals surface area contributed by atoms with E-state index in [0.29, 0.717) is 0 Å². The lowest BCUT2D eigenvalue weighted by atomic mass is 9.83. The number of rotatable bonds is 2. The molecule has 0 fully saturated rings. The van der Waals surface area contributed by atoms with Gasteiger partial charge < -0.3 is 0 Å². The monoisotopic (exact) mass is 194 g/mol. The van der Waals surface area contributed by atoms with Crippen LogP contribution in [0.2, 0.25) is 0 Å². The molecule has 1 aliphatic rings. The Hall–Kier alpha value is -0.260. The molecule has 0 bridgehead atoms. The summed E-state index contributed by atoms with van der Waals surface area (Å²) in [5, 5.41) is 0. The van der Waals surface area contributed by atoms with Crippen LogP contribution in [-0.4, -0.2) is 0 Å². The van der Waals surface area contributed by atoms with Gasteiger partial charge in [-0.3, -0.25) is 0 Å². The van der Waals surface area contributed by atoms with Gasteiger partial charge in [0, 0.05) is 0 Å². The Labute approximate surface area is 89.8 Å². The maximum atomic E-state index is 2.50. The van der Waals surface area contributed by atoms with Crippen molar-refractivity contribution < 1.29 is 0 Å². The molecule has 0 heterocycles. The maximum Gasteiger partial charge on any atom is -0.0208 e. The van der Waals surface area contributed by atoms with E-state index < -0.39 is 0 Å². The van der Waals surface area contributed by atoms with Crippen molar-refractivity contribution in [2.24, 2.45) is 11.8 Å². The fourth-order valence-corrected chi connectivity index (χ4v) is 2.64. The fraction of sp³-hybridized carbons (Fsp3) is 0.857. The highest BCUT2D eigenvalue weighted by atomic mass is 14.2. The van der Waals surface area contributed by atoms with E-state index in [1.54, 1.807) is 0 Å². The van der Waals surface area contributed by atoms with Gasteiger partial charge in [-0.1, -0.05) is 51.7 Å². The Bertz CT molecular complexity index is 157. The molecule has 0 nitrogen and oxygen atoms in total. The summed E-state index contributed by atoms with van der Waals surface area (Å²) in [6, 6.07) is 0. The average Bonchev–Trinajstić information content (AvgIpc) is 2.24. The van der Waals surface area contributed by atoms with Gasteiger partial charge >= 0.3 is 0 Å². The first-order valence-electron chi connectivity index (χ1n) is 6.55. The molecule has 14 heavy (non-hydrogen) atoms. The predicted octanol–water partition coefficient (Wildman–Crippen LogP) is 4.95. The van der Waals surface area contributed by atoms with Crippen molar-refractivity contribution in [1.29, 1.82) is 0 Å². The van der Waals surface area contributed by atoms with Crippen LogP contribution in [0.3, 0.4) is 0 Å². The topological polar surface area (TPSA) is 0 Å². The first-order chi connectivity index (χ1) is 6.88. The molecule has 0 saturated carbocycles. The normalized spacial score (nSPS) is 30.1. The van der Waals surface area contributed by atoms with Gasteiger partial charge in [0.2, 0.25) is 0 Å². The predicted molar refractivity (Wildman–Crippen MR) is 64.4 cm³/mol. The molecule has 0 spiro atoms. The van der Waals surface area contributed by atoms with E-state index in [1.165, 1.54) is 51.4 Å². The molecule has 0 aromatic carbocycles. The highest BCUT2D eigenvalue weighted by molar-refractivity contribution is 4.91. The van der Waals surface area contributed by atoms with E-state index in [-0.39, 0.29) is 0 Å². The second-order valence-electron chi connectivity index (χ2n) is 4.66. The van der Waals surface area contributed by atoms with Gasteiger partial charge in [0.25, 0.3) is 0 Å². The van der Waals surface area contributed by atoms with Crippen LogP contribution in [0.15, 0.2) is 12.2 Å². The van der Waals surface area contributed by atoms with Crippen molar-refractivity contribution in [2.45, 2.75) is 65.2 Å². The Morgan fingerprint density at radius 2 is 1.79 bits per heavy atom. The Kier molecular flexibility index (Phi) is 5.98. The third-order valence-electron chi connectivity index (χ3n) is 3.68. The Morgan fingerprint density at radius 3 is 2.50 bits per heavy atom. The van der Waals surface area contributed by atoms with Crippen LogP contribution in [0.4, 0.5) is 0 Å². The molecule has 2 unspecified atom stereocenters. The van der Waals surface area contributed by atoms with Gasteiger partial charge in [-0.15, -0.1) is 0 Å². The minimum Gasteiger partial charge on any atom is -0.0882 e. The van der Waals surface area contributed by atoms with Gasteiger partial charge in [0.15, 0.2) is 0 Å². The number of hydrogen-bond acceptors (Lipinski definition) is 0. The number of hydrogen-bond donors (Lipinski definition) is 0. The van der Waals surface area contributed by atoms with E-state index in [2.05, 4.69) is 26.0 Å². The summed E-state index contributed by atoms with van der Waals surface area (Å²) >= 11 is 0. The molecule has 0 N–H and O–H groups in total. The summed E-state index contributed by atoms with van der Waals surface area (Å²) in [7, 11) is 0. The van der Waals surface area contributed by atoms with Crippen molar-refractivity contribution in [2.75, 3.05) is 0 Å². The zero-order valence-electron chi connectivity index (χ0n) is 9.97. The van der Waals surface area contributed by atoms with Gasteiger partial charge in [0.05, 0.1) is 0 Å². The van der Waals surface area contributed by atoms with Crippen molar-refractivity contribution in [1.82, 2.24) is 0 Å². The molecule has 0 amide bonds. The first-order valence-corrected chi connectivity index (χ1v) is 6.55. The summed E-state index contributed by atoms with van der Waals surface area (Å²) in [4.78, 5) is 0. The van der Waals surface area contributed by atoms with Crippen molar-refractivity contribution in [3.05, 3.63) is 12.2 Å². The number of allylic oxidation sites excluding steroid dienone is 2. The van der Waals surface area contributed by atoms with Crippen molar-refractivity contribution in [3.63, 3.8) is 0 Å². The second kappa shape index (κ2) is 7.09. The van der Waals surface area contributed by atoms with Crippen LogP contribution in [0.5, 0.6) is 0 Å². The molecule has 0 aliphatic heterocycles. The lowest BCUT2D eigenvalue weighted by molar-refractivity contribution is 0.333. The molecule has 1 aliphatic carbocycles. The van der Waals surface area contributed by atoms with Crippen LogP contribution >= 0.6 is 0 Å². The van der Waals surface area contributed by atoms with Crippen LogP contribution in [0.1, 0.15) is 65.2 Å². The molecule has 0 aromatic rings. The van der Waals surface area contributed by atoms with Crippen LogP contribution < -0.4 is 0 Å². The first kappa shape index (κ1) is 11.8. The third kappa shape index (κ3) is 3.86. The molecule has 2 atom stereocenters. The molecular formula is C14H26. The lowest BCUT2D eigenvalue weighted by Gasteiger charge is -2.23. The maximum absolute atomic E-state index is 2.50. The summed E-state index contributed by atoms with van der Waals surface area (Å²) in [5.74, 6) is 1.81. The highest BCUT2D eigenvalue weighted by Gasteiger charge is 2.15. The highest BCUT2D eigenvalue weighted by Crippen LogP contribution is 2.27. The van der Waals surface area contributed by atoms with Gasteiger partial charge in [0.1, 0.15) is 0 Å². The summed E-state index contributed by atoms with van der Waals surface area (Å²) in [6.07, 6.45) is 16.2. The molecular weight excluding hydrogens is 168 g/mol. The van der Waals surface area contributed by atoms with E-state index in [1.807, 2.05) is 0 Å². The molecule has 0 saturated heterocycles. The molecule has 1 rings (SSSR count).